The summed E-state index contributed by atoms with van der Waals surface area (Å²) in [5.74, 6) is -1.16. The Morgan fingerprint density at radius 1 is 0.644 bits per heavy atom. The summed E-state index contributed by atoms with van der Waals surface area (Å²) in [5, 5.41) is 4.91. The second-order valence-corrected chi connectivity index (χ2v) is 10.3. The zero-order chi connectivity index (χ0) is 31.6. The van der Waals surface area contributed by atoms with Crippen LogP contribution in [0.1, 0.15) is 26.3 Å². The molecule has 0 aromatic heterocycles. The van der Waals surface area contributed by atoms with Crippen LogP contribution in [0.5, 0.6) is 17.2 Å². The average Bonchev–Trinajstić information content (AvgIpc) is 3.06. The largest absolute Gasteiger partial charge is 0.484 e. The molecule has 0 heterocycles. The van der Waals surface area contributed by atoms with Crippen LogP contribution in [0.25, 0.3) is 11.1 Å². The lowest BCUT2D eigenvalue weighted by Crippen LogP contribution is -2.24. The van der Waals surface area contributed by atoms with Gasteiger partial charge in [0.1, 0.15) is 17.2 Å². The van der Waals surface area contributed by atoms with Crippen molar-refractivity contribution in [3.05, 3.63) is 148 Å². The fraction of sp³-hybridized carbons (Fsp3) is 0.0286. The Bertz CT molecular complexity index is 1830. The summed E-state index contributed by atoms with van der Waals surface area (Å²) in [6.45, 7) is -0.278. The van der Waals surface area contributed by atoms with E-state index in [1.807, 2.05) is 42.5 Å². The lowest BCUT2D eigenvalue weighted by Gasteiger charge is -2.11. The van der Waals surface area contributed by atoms with E-state index in [9.17, 15) is 14.4 Å². The van der Waals surface area contributed by atoms with Gasteiger partial charge in [-0.3, -0.25) is 4.79 Å². The molecule has 5 rings (SSSR count). The van der Waals surface area contributed by atoms with E-state index in [0.717, 1.165) is 11.1 Å². The molecule has 8 nitrogen and oxygen atoms in total. The number of carbonyl (C=O) groups excluding carboxylic acids is 3. The Kier molecular flexibility index (Phi) is 10.2. The van der Waals surface area contributed by atoms with Crippen molar-refractivity contribution in [2.75, 3.05) is 6.61 Å². The Balaban J connectivity index is 1.24. The number of ether oxygens (including phenoxy) is 3. The van der Waals surface area contributed by atoms with E-state index in [-0.39, 0.29) is 29.2 Å². The number of amides is 1. The molecular weight excluding hydrogens is 615 g/mol. The van der Waals surface area contributed by atoms with Crippen LogP contribution in [-0.2, 0) is 4.79 Å². The number of esters is 2. The van der Waals surface area contributed by atoms with E-state index in [1.54, 1.807) is 36.4 Å². The molecule has 1 N–H and O–H groups in total. The first-order chi connectivity index (χ1) is 21.8. The first kappa shape index (κ1) is 31.0. The molecule has 0 saturated heterocycles. The van der Waals surface area contributed by atoms with Crippen molar-refractivity contribution in [2.24, 2.45) is 5.10 Å². The molecule has 0 aliphatic rings. The number of carbonyl (C=O) groups is 3. The average molecular weight is 639 g/mol. The summed E-state index contributed by atoms with van der Waals surface area (Å²) >= 11 is 11.8. The second kappa shape index (κ2) is 14.8. The lowest BCUT2D eigenvalue weighted by molar-refractivity contribution is -0.123. The molecule has 0 fully saturated rings. The zero-order valence-electron chi connectivity index (χ0n) is 23.5. The monoisotopic (exact) mass is 638 g/mol. The van der Waals surface area contributed by atoms with E-state index < -0.39 is 17.8 Å². The van der Waals surface area contributed by atoms with E-state index in [2.05, 4.69) is 10.5 Å². The highest BCUT2D eigenvalue weighted by molar-refractivity contribution is 6.31. The third-order valence-corrected chi connectivity index (χ3v) is 6.79. The van der Waals surface area contributed by atoms with Gasteiger partial charge in [0.05, 0.1) is 17.3 Å². The van der Waals surface area contributed by atoms with Gasteiger partial charge in [-0.25, -0.2) is 15.0 Å². The van der Waals surface area contributed by atoms with E-state index in [4.69, 9.17) is 37.4 Å². The van der Waals surface area contributed by atoms with Crippen molar-refractivity contribution in [1.82, 2.24) is 5.43 Å². The van der Waals surface area contributed by atoms with Gasteiger partial charge in [0, 0.05) is 21.7 Å². The lowest BCUT2D eigenvalue weighted by atomic mass is 10.1. The summed E-state index contributed by atoms with van der Waals surface area (Å²) in [6, 6.07) is 34.0. The molecule has 0 radical (unpaired) electrons. The first-order valence-corrected chi connectivity index (χ1v) is 14.3. The zero-order valence-corrected chi connectivity index (χ0v) is 25.0. The maximum absolute atomic E-state index is 12.9. The predicted octanol–water partition coefficient (Wildman–Crippen LogP) is 7.63. The topological polar surface area (TPSA) is 103 Å². The number of hydrogen-bond acceptors (Lipinski definition) is 7. The highest BCUT2D eigenvalue weighted by atomic mass is 35.5. The maximum Gasteiger partial charge on any atom is 0.343 e. The minimum Gasteiger partial charge on any atom is -0.484 e. The van der Waals surface area contributed by atoms with Crippen molar-refractivity contribution in [2.45, 2.75) is 0 Å². The number of hydrogen-bond donors (Lipinski definition) is 1. The van der Waals surface area contributed by atoms with Gasteiger partial charge in [-0.15, -0.1) is 0 Å². The van der Waals surface area contributed by atoms with Gasteiger partial charge in [-0.05, 0) is 83.9 Å². The Labute approximate surface area is 268 Å². The number of nitrogens with zero attached hydrogens (tertiary/aromatic N) is 1. The first-order valence-electron chi connectivity index (χ1n) is 13.5. The number of nitrogens with one attached hydrogen (secondary N) is 1. The molecule has 5 aromatic rings. The van der Waals surface area contributed by atoms with Crippen molar-refractivity contribution in [3.63, 3.8) is 0 Å². The SMILES string of the molecule is O=C(COc1ccc(-c2ccccc2)cc1)N/N=C\c1ccc(OC(=O)c2ccc(Cl)cc2)cc1OC(=O)c1ccc(Cl)cc1. The van der Waals surface area contributed by atoms with Crippen LogP contribution in [0.2, 0.25) is 10.0 Å². The van der Waals surface area contributed by atoms with Crippen LogP contribution in [0, 0.1) is 0 Å². The molecule has 0 aliphatic carbocycles. The molecule has 5 aromatic carbocycles. The molecule has 0 bridgehead atoms. The molecule has 0 saturated carbocycles. The number of hydrazone groups is 1. The van der Waals surface area contributed by atoms with Gasteiger partial charge in [0.25, 0.3) is 5.91 Å². The van der Waals surface area contributed by atoms with Gasteiger partial charge in [0.15, 0.2) is 6.61 Å². The predicted molar refractivity (Wildman–Crippen MR) is 172 cm³/mol. The van der Waals surface area contributed by atoms with E-state index in [1.165, 1.54) is 48.7 Å². The van der Waals surface area contributed by atoms with Crippen LogP contribution >= 0.6 is 23.2 Å². The molecule has 0 atom stereocenters. The normalized spacial score (nSPS) is 10.7. The van der Waals surface area contributed by atoms with E-state index in [0.29, 0.717) is 21.4 Å². The van der Waals surface area contributed by atoms with Crippen LogP contribution in [0.15, 0.2) is 126 Å². The fourth-order valence-corrected chi connectivity index (χ4v) is 4.25. The van der Waals surface area contributed by atoms with Crippen LogP contribution in [-0.4, -0.2) is 30.7 Å². The van der Waals surface area contributed by atoms with E-state index >= 15 is 0 Å². The Morgan fingerprint density at radius 3 is 1.82 bits per heavy atom. The van der Waals surface area contributed by atoms with Gasteiger partial charge in [0.2, 0.25) is 0 Å². The molecule has 0 unspecified atom stereocenters. The van der Waals surface area contributed by atoms with Crippen LogP contribution in [0.4, 0.5) is 0 Å². The third-order valence-electron chi connectivity index (χ3n) is 6.28. The van der Waals surface area contributed by atoms with Crippen molar-refractivity contribution < 1.29 is 28.6 Å². The molecule has 1 amide bonds. The highest BCUT2D eigenvalue weighted by Crippen LogP contribution is 2.26. The fourth-order valence-electron chi connectivity index (χ4n) is 4.00. The highest BCUT2D eigenvalue weighted by Gasteiger charge is 2.15. The summed E-state index contributed by atoms with van der Waals surface area (Å²) in [7, 11) is 0. The van der Waals surface area contributed by atoms with Gasteiger partial charge in [-0.1, -0.05) is 65.7 Å². The molecule has 224 valence electrons. The second-order valence-electron chi connectivity index (χ2n) is 9.46. The smallest absolute Gasteiger partial charge is 0.343 e. The standard InChI is InChI=1S/C35H24Cl2N2O6/c36-28-13-6-25(7-14-28)34(41)44-31-19-12-27(32(20-31)45-35(42)26-8-15-29(37)16-9-26)21-38-39-33(40)22-43-30-17-10-24(11-18-30)23-4-2-1-3-5-23/h1-21H,22H2,(H,39,40)/b38-21-. The van der Waals surface area contributed by atoms with Crippen LogP contribution < -0.4 is 19.6 Å². The summed E-state index contributed by atoms with van der Waals surface area (Å²) in [6.07, 6.45) is 1.29. The quantitative estimate of drug-likeness (QED) is 0.0730. The number of benzene rings is 5. The molecule has 0 aliphatic heterocycles. The summed E-state index contributed by atoms with van der Waals surface area (Å²) in [5.41, 5.74) is 5.32. The van der Waals surface area contributed by atoms with Crippen molar-refractivity contribution in [1.29, 1.82) is 0 Å². The summed E-state index contributed by atoms with van der Waals surface area (Å²) in [4.78, 5) is 37.9. The maximum atomic E-state index is 12.9. The minimum atomic E-state index is -0.682. The molecule has 0 spiro atoms. The third kappa shape index (κ3) is 8.79. The molecule has 10 heteroatoms. The molecule has 45 heavy (non-hydrogen) atoms. The summed E-state index contributed by atoms with van der Waals surface area (Å²) < 4.78 is 16.6. The Morgan fingerprint density at radius 2 is 1.20 bits per heavy atom. The Hall–Kier alpha value is -5.44. The number of halogens is 2. The van der Waals surface area contributed by atoms with Gasteiger partial charge < -0.3 is 14.2 Å². The van der Waals surface area contributed by atoms with Crippen molar-refractivity contribution >= 4 is 47.3 Å². The van der Waals surface area contributed by atoms with Crippen LogP contribution in [0.3, 0.4) is 0 Å². The van der Waals surface area contributed by atoms with Gasteiger partial charge in [-0.2, -0.15) is 5.10 Å². The minimum absolute atomic E-state index is 0.0316. The number of rotatable bonds is 10. The van der Waals surface area contributed by atoms with Crippen molar-refractivity contribution in [3.8, 4) is 28.4 Å². The molecular formula is C35H24Cl2N2O6. The van der Waals surface area contributed by atoms with Gasteiger partial charge >= 0.3 is 11.9 Å².